The molecule has 3 N–H and O–H groups in total. The van der Waals surface area contributed by atoms with Crippen LogP contribution < -0.4 is 5.73 Å². The minimum absolute atomic E-state index is 0.315. The first-order chi connectivity index (χ1) is 5.60. The number of hydrogen-bond acceptors (Lipinski definition) is 2. The molecule has 0 bridgehead atoms. The fourth-order valence-corrected chi connectivity index (χ4v) is 1.14. The second-order valence-corrected chi connectivity index (χ2v) is 2.69. The SMILES string of the molecule is NCC1(F)C=CC=CC1C(=O)O. The van der Waals surface area contributed by atoms with Crippen molar-refractivity contribution in [1.29, 1.82) is 0 Å². The third kappa shape index (κ3) is 1.38. The molecule has 0 amide bonds. The summed E-state index contributed by atoms with van der Waals surface area (Å²) in [5.41, 5.74) is 3.21. The molecule has 2 atom stereocenters. The van der Waals surface area contributed by atoms with Gasteiger partial charge in [0.1, 0.15) is 5.92 Å². The third-order valence-electron chi connectivity index (χ3n) is 1.88. The van der Waals surface area contributed by atoms with Crippen molar-refractivity contribution >= 4 is 5.97 Å². The molecule has 0 radical (unpaired) electrons. The number of hydrogen-bond donors (Lipinski definition) is 2. The van der Waals surface area contributed by atoms with Gasteiger partial charge in [-0.15, -0.1) is 0 Å². The minimum atomic E-state index is -1.93. The summed E-state index contributed by atoms with van der Waals surface area (Å²) in [5, 5.41) is 8.62. The van der Waals surface area contributed by atoms with Crippen molar-refractivity contribution in [3.8, 4) is 0 Å². The monoisotopic (exact) mass is 171 g/mol. The molecule has 0 aromatic carbocycles. The molecule has 12 heavy (non-hydrogen) atoms. The number of rotatable bonds is 2. The molecule has 0 saturated carbocycles. The Hall–Kier alpha value is -1.16. The molecule has 0 aromatic rings. The van der Waals surface area contributed by atoms with Crippen LogP contribution >= 0.6 is 0 Å². The number of halogens is 1. The van der Waals surface area contributed by atoms with Crippen LogP contribution in [0.15, 0.2) is 24.3 Å². The Balaban J connectivity index is 2.92. The van der Waals surface area contributed by atoms with Gasteiger partial charge < -0.3 is 10.8 Å². The highest BCUT2D eigenvalue weighted by Gasteiger charge is 2.39. The van der Waals surface area contributed by atoms with E-state index in [1.807, 2.05) is 0 Å². The number of carboxylic acid groups (broad SMARTS) is 1. The Morgan fingerprint density at radius 3 is 2.75 bits per heavy atom. The van der Waals surface area contributed by atoms with Gasteiger partial charge in [-0.25, -0.2) is 4.39 Å². The minimum Gasteiger partial charge on any atom is -0.481 e. The van der Waals surface area contributed by atoms with E-state index in [-0.39, 0.29) is 6.54 Å². The second-order valence-electron chi connectivity index (χ2n) is 2.69. The molecular weight excluding hydrogens is 161 g/mol. The van der Waals surface area contributed by atoms with Gasteiger partial charge in [-0.1, -0.05) is 18.2 Å². The zero-order chi connectivity index (χ0) is 9.19. The first-order valence-corrected chi connectivity index (χ1v) is 3.58. The van der Waals surface area contributed by atoms with Gasteiger partial charge in [-0.2, -0.15) is 0 Å². The predicted octanol–water partition coefficient (Wildman–Crippen LogP) is 0.480. The molecule has 1 aliphatic carbocycles. The van der Waals surface area contributed by atoms with Crippen molar-refractivity contribution in [2.24, 2.45) is 11.7 Å². The highest BCUT2D eigenvalue weighted by Crippen LogP contribution is 2.27. The van der Waals surface area contributed by atoms with E-state index in [1.165, 1.54) is 24.3 Å². The maximum absolute atomic E-state index is 13.6. The van der Waals surface area contributed by atoms with Crippen molar-refractivity contribution in [3.05, 3.63) is 24.3 Å². The van der Waals surface area contributed by atoms with E-state index in [1.54, 1.807) is 0 Å². The summed E-state index contributed by atoms with van der Waals surface area (Å²) in [6, 6.07) is 0. The van der Waals surface area contributed by atoms with Gasteiger partial charge in [0, 0.05) is 6.54 Å². The Kier molecular flexibility index (Phi) is 2.28. The molecule has 66 valence electrons. The molecule has 3 nitrogen and oxygen atoms in total. The van der Waals surface area contributed by atoms with E-state index in [2.05, 4.69) is 0 Å². The second kappa shape index (κ2) is 3.06. The predicted molar refractivity (Wildman–Crippen MR) is 42.3 cm³/mol. The van der Waals surface area contributed by atoms with Crippen LogP contribution in [0.5, 0.6) is 0 Å². The Bertz CT molecular complexity index is 249. The van der Waals surface area contributed by atoms with Crippen LogP contribution in [0, 0.1) is 5.92 Å². The molecular formula is C8H10FNO2. The Labute approximate surface area is 69.4 Å². The average molecular weight is 171 g/mol. The molecule has 0 aliphatic heterocycles. The van der Waals surface area contributed by atoms with Crippen molar-refractivity contribution < 1.29 is 14.3 Å². The van der Waals surface area contributed by atoms with Gasteiger partial charge >= 0.3 is 5.97 Å². The number of nitrogens with two attached hydrogens (primary N) is 1. The fraction of sp³-hybridized carbons (Fsp3) is 0.375. The van der Waals surface area contributed by atoms with Crippen molar-refractivity contribution in [2.45, 2.75) is 5.67 Å². The summed E-state index contributed by atoms with van der Waals surface area (Å²) >= 11 is 0. The number of carbonyl (C=O) groups is 1. The van der Waals surface area contributed by atoms with Gasteiger partial charge in [-0.05, 0) is 6.08 Å². The first kappa shape index (κ1) is 8.93. The summed E-state index contributed by atoms with van der Waals surface area (Å²) in [4.78, 5) is 10.5. The van der Waals surface area contributed by atoms with Gasteiger partial charge in [0.25, 0.3) is 0 Å². The van der Waals surface area contributed by atoms with Gasteiger partial charge in [0.2, 0.25) is 0 Å². The topological polar surface area (TPSA) is 63.3 Å². The van der Waals surface area contributed by atoms with E-state index in [0.29, 0.717) is 0 Å². The normalized spacial score (nSPS) is 33.7. The highest BCUT2D eigenvalue weighted by molar-refractivity contribution is 5.75. The smallest absolute Gasteiger partial charge is 0.314 e. The van der Waals surface area contributed by atoms with Crippen LogP contribution in [-0.2, 0) is 4.79 Å². The lowest BCUT2D eigenvalue weighted by Crippen LogP contribution is -2.43. The standard InChI is InChI=1S/C8H10FNO2/c9-8(5-10)4-2-1-3-6(8)7(11)12/h1-4,6H,5,10H2,(H,11,12). The lowest BCUT2D eigenvalue weighted by molar-refractivity contribution is -0.143. The lowest BCUT2D eigenvalue weighted by atomic mass is 9.85. The van der Waals surface area contributed by atoms with Crippen molar-refractivity contribution in [3.63, 3.8) is 0 Å². The van der Waals surface area contributed by atoms with Crippen LogP contribution in [0.1, 0.15) is 0 Å². The van der Waals surface area contributed by atoms with Crippen LogP contribution in [0.3, 0.4) is 0 Å². The summed E-state index contributed by atoms with van der Waals surface area (Å²) in [6.45, 7) is -0.315. The lowest BCUT2D eigenvalue weighted by Gasteiger charge is -2.26. The van der Waals surface area contributed by atoms with E-state index in [9.17, 15) is 9.18 Å². The fourth-order valence-electron chi connectivity index (χ4n) is 1.14. The summed E-state index contributed by atoms with van der Waals surface area (Å²) in [5.74, 6) is -2.35. The number of alkyl halides is 1. The van der Waals surface area contributed by atoms with E-state index < -0.39 is 17.6 Å². The molecule has 0 fully saturated rings. The largest absolute Gasteiger partial charge is 0.481 e. The summed E-state index contributed by atoms with van der Waals surface area (Å²) in [6.07, 6.45) is 5.46. The number of carboxylic acids is 1. The quantitative estimate of drug-likeness (QED) is 0.635. The first-order valence-electron chi connectivity index (χ1n) is 3.58. The zero-order valence-corrected chi connectivity index (χ0v) is 6.40. The molecule has 1 rings (SSSR count). The molecule has 4 heteroatoms. The highest BCUT2D eigenvalue weighted by atomic mass is 19.1. The maximum atomic E-state index is 13.6. The Morgan fingerprint density at radius 2 is 2.33 bits per heavy atom. The van der Waals surface area contributed by atoms with E-state index in [0.717, 1.165) is 0 Å². The van der Waals surface area contributed by atoms with Crippen LogP contribution in [0.2, 0.25) is 0 Å². The van der Waals surface area contributed by atoms with Gasteiger partial charge in [-0.3, -0.25) is 4.79 Å². The Morgan fingerprint density at radius 1 is 1.67 bits per heavy atom. The molecule has 0 aromatic heterocycles. The maximum Gasteiger partial charge on any atom is 0.314 e. The van der Waals surface area contributed by atoms with Crippen LogP contribution in [0.25, 0.3) is 0 Å². The zero-order valence-electron chi connectivity index (χ0n) is 6.40. The summed E-state index contributed by atoms with van der Waals surface area (Å²) < 4.78 is 13.6. The third-order valence-corrected chi connectivity index (χ3v) is 1.88. The molecule has 0 saturated heterocycles. The van der Waals surface area contributed by atoms with Crippen LogP contribution in [-0.4, -0.2) is 23.3 Å². The van der Waals surface area contributed by atoms with E-state index >= 15 is 0 Å². The van der Waals surface area contributed by atoms with Crippen molar-refractivity contribution in [1.82, 2.24) is 0 Å². The van der Waals surface area contributed by atoms with Crippen LogP contribution in [0.4, 0.5) is 4.39 Å². The van der Waals surface area contributed by atoms with Gasteiger partial charge in [0.15, 0.2) is 5.67 Å². The number of allylic oxidation sites excluding steroid dienone is 2. The molecule has 1 aliphatic rings. The molecule has 2 unspecified atom stereocenters. The molecule has 0 heterocycles. The molecule has 0 spiro atoms. The average Bonchev–Trinajstić information content (AvgIpc) is 2.05. The van der Waals surface area contributed by atoms with Crippen molar-refractivity contribution in [2.75, 3.05) is 6.54 Å². The van der Waals surface area contributed by atoms with E-state index in [4.69, 9.17) is 10.8 Å². The van der Waals surface area contributed by atoms with Gasteiger partial charge in [0.05, 0.1) is 0 Å². The number of aliphatic carboxylic acids is 1. The summed E-state index contributed by atoms with van der Waals surface area (Å²) in [7, 11) is 0.